The largest absolute Gasteiger partial charge is 3.00 e. The molecule has 0 fully saturated rings. The molecule has 104 heavy (non-hydrogen) atoms. The monoisotopic (exact) mass is 1560 g/mol. The van der Waals surface area contributed by atoms with E-state index in [-0.39, 0.29) is 90.3 Å². The number of nitrogens with one attached hydrogen (secondary N) is 2. The number of rotatable bonds is 24. The van der Waals surface area contributed by atoms with Gasteiger partial charge in [-0.3, -0.25) is 20.0 Å². The summed E-state index contributed by atoms with van der Waals surface area (Å²) >= 11 is 0. The molecule has 1 aliphatic heterocycles. The molecule has 0 saturated carbocycles. The third-order valence-corrected chi connectivity index (χ3v) is 20.1. The molecule has 22 nitrogen and oxygen atoms in total. The Balaban J connectivity index is 0.000000246. The fraction of sp³-hybridized carbons (Fsp3) is 0.105. The van der Waals surface area contributed by atoms with Crippen molar-refractivity contribution in [3.8, 4) is 0 Å². The van der Waals surface area contributed by atoms with Gasteiger partial charge in [-0.2, -0.15) is 18.6 Å². The topological polar surface area (TPSA) is 361 Å². The number of aryl methyl sites for hydroxylation is 4. The molecule has 0 atom stereocenters. The Kier molecular flexibility index (Phi) is 33.8. The zero-order chi connectivity index (χ0) is 70.8. The molecule has 0 radical (unpaired) electrons. The fourth-order valence-corrected chi connectivity index (χ4v) is 12.9. The van der Waals surface area contributed by atoms with Crippen LogP contribution in [-0.4, -0.2) is 58.5 Å². The molecular formula is C76H76Co2N12O10S4+2. The molecule has 0 saturated heterocycles. The number of hydrogen-bond acceptors (Lipinski definition) is 12. The van der Waals surface area contributed by atoms with Crippen LogP contribution in [0, 0.1) is 27.7 Å². The van der Waals surface area contributed by atoms with Crippen molar-refractivity contribution in [3.05, 3.63) is 350 Å². The van der Waals surface area contributed by atoms with E-state index in [1.54, 1.807) is 147 Å². The van der Waals surface area contributed by atoms with Crippen LogP contribution in [-0.2, 0) is 111 Å². The van der Waals surface area contributed by atoms with Gasteiger partial charge in [0.05, 0.1) is 26.9 Å². The summed E-state index contributed by atoms with van der Waals surface area (Å²) in [6.07, 6.45) is 17.1. The van der Waals surface area contributed by atoms with Gasteiger partial charge in [-0.25, -0.2) is 43.1 Å². The van der Waals surface area contributed by atoms with E-state index in [1.165, 1.54) is 0 Å². The Labute approximate surface area is 628 Å². The van der Waals surface area contributed by atoms with Crippen molar-refractivity contribution < 1.29 is 78.2 Å². The van der Waals surface area contributed by atoms with Crippen molar-refractivity contribution in [3.63, 3.8) is 0 Å². The van der Waals surface area contributed by atoms with Crippen molar-refractivity contribution in [2.45, 2.75) is 73.5 Å². The minimum absolute atomic E-state index is 0. The zero-order valence-corrected chi connectivity index (χ0v) is 62.1. The predicted molar refractivity (Wildman–Crippen MR) is 407 cm³/mol. The van der Waals surface area contributed by atoms with Crippen LogP contribution in [0.15, 0.2) is 313 Å². The molecule has 0 unspecified atom stereocenters. The molecule has 28 heteroatoms. The van der Waals surface area contributed by atoms with Crippen molar-refractivity contribution >= 4 is 87.7 Å². The number of hydrogen-bond donors (Lipinski definition) is 2. The summed E-state index contributed by atoms with van der Waals surface area (Å²) in [6, 6.07) is 67.4. The van der Waals surface area contributed by atoms with Gasteiger partial charge in [-0.15, -0.1) is 42.1 Å². The third kappa shape index (κ3) is 26.4. The quantitative estimate of drug-likeness (QED) is 0.0423. The summed E-state index contributed by atoms with van der Waals surface area (Å²) in [5.74, 6) is 0. The smallest absolute Gasteiger partial charge is 0.663 e. The molecule has 0 aliphatic carbocycles. The first kappa shape index (κ1) is 84.8. The molecule has 8 aromatic carbocycles. The molecule has 0 spiro atoms. The number of benzene rings is 8. The number of allylic oxidation sites excluding steroid dienone is 2. The summed E-state index contributed by atoms with van der Waals surface area (Å²) in [5, 5.41) is 4.39. The SMILES string of the molecule is Cc1ccc(S(=O)(=O)NCc2ccccc2N=Cc2ccc[n-]2)cc1.Cc1ccc(S(=O)(=O)NCc2ccccc2N=Cc2ccc[n-]2)cc1.Cc1ccc(S(=O)(=O)[N-]Cc2ccccc2N=Cc2ccc[n-]2)cc1.Cc1ccc(S(=O)(=O)[N-]Cc2ccccc2[N-]/C=C2/C=CC=N2)cc1.[Co+3].[Co+3].[OH3+].[OH3+]. The average molecular weight is 1560 g/mol. The molecular weight excluding hydrogens is 1490 g/mol. The Morgan fingerprint density at radius 1 is 0.394 bits per heavy atom. The van der Waals surface area contributed by atoms with Crippen LogP contribution in [0.3, 0.4) is 0 Å². The first-order chi connectivity index (χ1) is 48.2. The molecule has 0 amide bonds. The minimum atomic E-state index is -3.69. The Hall–Kier alpha value is -9.87. The standard InChI is InChI=1S/2C19H18N3O2S.2C19H17N3O2S.2Co.2H2O/c4*1-15-8-10-18(11-9-15)25(23,24)22-13-16-5-2-3-7-19(16)21-14-17-6-4-12-20-17;;;;/h2*2-12,14,22H,13H2,1H3;2*2-12,14H,13H2,1H3;;;2*1H2/q2*-1;2*-2;2*+3;;/p+2/b;;17-14-;;;;;. The third-order valence-electron chi connectivity index (χ3n) is 14.6. The summed E-state index contributed by atoms with van der Waals surface area (Å²) in [7, 11) is -14.5. The van der Waals surface area contributed by atoms with Gasteiger partial charge in [-0.05, 0) is 123 Å². The summed E-state index contributed by atoms with van der Waals surface area (Å²) < 4.78 is 112. The van der Waals surface area contributed by atoms with Crippen molar-refractivity contribution in [2.75, 3.05) is 0 Å². The number of aromatic nitrogens is 3. The van der Waals surface area contributed by atoms with Crippen LogP contribution in [0.5, 0.6) is 0 Å². The van der Waals surface area contributed by atoms with E-state index in [1.807, 2.05) is 173 Å². The minimum Gasteiger partial charge on any atom is -0.663 e. The molecule has 540 valence electrons. The molecule has 12 rings (SSSR count). The maximum atomic E-state index is 12.4. The molecule has 4 heterocycles. The van der Waals surface area contributed by atoms with Crippen LogP contribution >= 0.6 is 0 Å². The van der Waals surface area contributed by atoms with Gasteiger partial charge < -0.3 is 40.7 Å². The van der Waals surface area contributed by atoms with Crippen LogP contribution in [0.25, 0.3) is 14.8 Å². The second-order valence-electron chi connectivity index (χ2n) is 22.2. The number of sulfonamides is 4. The van der Waals surface area contributed by atoms with Crippen molar-refractivity contribution in [1.29, 1.82) is 0 Å². The fourth-order valence-electron chi connectivity index (χ4n) is 9.04. The van der Waals surface area contributed by atoms with Crippen LogP contribution in [0.4, 0.5) is 22.7 Å². The van der Waals surface area contributed by atoms with Crippen molar-refractivity contribution in [2.24, 2.45) is 20.0 Å². The molecule has 3 aromatic heterocycles. The number of para-hydroxylation sites is 4. The Bertz CT molecular complexity index is 4740. The maximum absolute atomic E-state index is 12.4. The first-order valence-electron chi connectivity index (χ1n) is 31.1. The number of aliphatic imine (C=N–C) groups is 4. The average Bonchev–Trinajstić information content (AvgIpc) is 0.977. The first-order valence-corrected chi connectivity index (χ1v) is 36.9. The van der Waals surface area contributed by atoms with Crippen LogP contribution < -0.4 is 24.4 Å². The van der Waals surface area contributed by atoms with Crippen LogP contribution in [0.1, 0.15) is 61.6 Å². The van der Waals surface area contributed by atoms with Gasteiger partial charge in [0.2, 0.25) is 20.0 Å². The van der Waals surface area contributed by atoms with E-state index >= 15 is 0 Å². The van der Waals surface area contributed by atoms with E-state index in [0.29, 0.717) is 22.7 Å². The van der Waals surface area contributed by atoms with E-state index < -0.39 is 40.1 Å². The summed E-state index contributed by atoms with van der Waals surface area (Å²) in [6.45, 7) is 8.05. The maximum Gasteiger partial charge on any atom is 3.00 e. The second-order valence-corrected chi connectivity index (χ2v) is 29.1. The van der Waals surface area contributed by atoms with Gasteiger partial charge in [0, 0.05) is 53.4 Å². The Morgan fingerprint density at radius 3 is 1.08 bits per heavy atom. The molecule has 8 N–H and O–H groups in total. The van der Waals surface area contributed by atoms with E-state index in [2.05, 4.69) is 59.1 Å². The van der Waals surface area contributed by atoms with Gasteiger partial charge in [0.25, 0.3) is 0 Å². The van der Waals surface area contributed by atoms with Crippen LogP contribution in [0.2, 0.25) is 0 Å². The summed E-state index contributed by atoms with van der Waals surface area (Å²) in [4.78, 5) is 30.6. The van der Waals surface area contributed by atoms with Crippen molar-refractivity contribution in [1.82, 2.24) is 24.4 Å². The summed E-state index contributed by atoms with van der Waals surface area (Å²) in [5.41, 5.74) is 12.9. The van der Waals surface area contributed by atoms with Gasteiger partial charge in [0.15, 0.2) is 0 Å². The number of nitrogens with zero attached hydrogens (tertiary/aromatic N) is 10. The normalized spacial score (nSPS) is 12.2. The molecule has 11 aromatic rings. The van der Waals surface area contributed by atoms with Gasteiger partial charge in [-0.1, -0.05) is 192 Å². The Morgan fingerprint density at radius 2 is 0.721 bits per heavy atom. The van der Waals surface area contributed by atoms with E-state index in [0.717, 1.165) is 67.3 Å². The second kappa shape index (κ2) is 41.4. The zero-order valence-electron chi connectivity index (χ0n) is 56.7. The van der Waals surface area contributed by atoms with Gasteiger partial charge in [0.1, 0.15) is 20.0 Å². The van der Waals surface area contributed by atoms with E-state index in [4.69, 9.17) is 0 Å². The molecule has 0 bridgehead atoms. The predicted octanol–water partition coefficient (Wildman–Crippen LogP) is 13.2. The van der Waals surface area contributed by atoms with E-state index in [9.17, 15) is 33.7 Å². The van der Waals surface area contributed by atoms with Gasteiger partial charge >= 0.3 is 33.6 Å². The molecule has 1 aliphatic rings.